The van der Waals surface area contributed by atoms with Gasteiger partial charge in [-0.2, -0.15) is 0 Å². The minimum atomic E-state index is -4.88. The van der Waals surface area contributed by atoms with E-state index >= 15 is 0 Å². The van der Waals surface area contributed by atoms with Crippen molar-refractivity contribution in [3.63, 3.8) is 0 Å². The molecule has 4 rings (SSSR count). The molecule has 2 heterocycles. The van der Waals surface area contributed by atoms with Crippen molar-refractivity contribution in [1.29, 1.82) is 0 Å². The highest BCUT2D eigenvalue weighted by Gasteiger charge is 2.31. The highest BCUT2D eigenvalue weighted by molar-refractivity contribution is 7.20. The molecule has 13 heteroatoms. The van der Waals surface area contributed by atoms with E-state index in [1.807, 2.05) is 0 Å². The SMILES string of the molecule is CC(=O)OCCCn1c(=O)c2c(Cc3ccc(Cl)cc3)c(Oc3cccc(OC(F)(F)F)c3)sc2n(C)c1=O. The van der Waals surface area contributed by atoms with Gasteiger partial charge in [0.25, 0.3) is 5.56 Å². The van der Waals surface area contributed by atoms with Crippen LogP contribution in [0, 0.1) is 0 Å². The normalized spacial score (nSPS) is 11.5. The van der Waals surface area contributed by atoms with Crippen molar-refractivity contribution in [1.82, 2.24) is 9.13 Å². The number of hydrogen-bond donors (Lipinski definition) is 0. The van der Waals surface area contributed by atoms with E-state index < -0.39 is 29.3 Å². The summed E-state index contributed by atoms with van der Waals surface area (Å²) in [5.74, 6) is -0.893. The van der Waals surface area contributed by atoms with Crippen LogP contribution in [0.25, 0.3) is 10.2 Å². The fourth-order valence-electron chi connectivity index (χ4n) is 3.91. The quantitative estimate of drug-likeness (QED) is 0.187. The van der Waals surface area contributed by atoms with Gasteiger partial charge in [-0.1, -0.05) is 41.1 Å². The van der Waals surface area contributed by atoms with E-state index in [-0.39, 0.29) is 42.2 Å². The predicted molar refractivity (Wildman–Crippen MR) is 140 cm³/mol. The lowest BCUT2D eigenvalue weighted by Crippen LogP contribution is -2.39. The molecule has 4 aromatic rings. The van der Waals surface area contributed by atoms with Crippen molar-refractivity contribution >= 4 is 39.1 Å². The van der Waals surface area contributed by atoms with Crippen LogP contribution in [0.2, 0.25) is 5.02 Å². The molecule has 0 N–H and O–H groups in total. The molecule has 0 aliphatic heterocycles. The number of carbonyl (C=O) groups excluding carboxylic acids is 1. The number of benzene rings is 2. The molecule has 0 amide bonds. The van der Waals surface area contributed by atoms with E-state index in [0.29, 0.717) is 15.4 Å². The van der Waals surface area contributed by atoms with E-state index in [2.05, 4.69) is 4.74 Å². The molecule has 0 bridgehead atoms. The minimum absolute atomic E-state index is 0.0119. The monoisotopic (exact) mass is 582 g/mol. The Morgan fingerprint density at radius 3 is 2.44 bits per heavy atom. The average molecular weight is 583 g/mol. The molecular formula is C26H22ClF3N2O6S. The number of aromatic nitrogens is 2. The van der Waals surface area contributed by atoms with Gasteiger partial charge in [0.2, 0.25) is 0 Å². The summed E-state index contributed by atoms with van der Waals surface area (Å²) in [7, 11) is 1.51. The molecule has 0 unspecified atom stereocenters. The Balaban J connectivity index is 1.81. The second kappa shape index (κ2) is 11.5. The molecule has 0 aliphatic rings. The molecule has 2 aromatic heterocycles. The molecule has 0 saturated carbocycles. The smallest absolute Gasteiger partial charge is 0.466 e. The van der Waals surface area contributed by atoms with Gasteiger partial charge in [-0.3, -0.25) is 18.7 Å². The molecule has 0 radical (unpaired) electrons. The maximum absolute atomic E-state index is 13.6. The molecule has 0 atom stereocenters. The maximum Gasteiger partial charge on any atom is 0.573 e. The molecule has 2 aromatic carbocycles. The van der Waals surface area contributed by atoms with Crippen molar-refractivity contribution in [3.8, 4) is 16.6 Å². The summed E-state index contributed by atoms with van der Waals surface area (Å²) in [5, 5.41) is 0.987. The Morgan fingerprint density at radius 2 is 1.77 bits per heavy atom. The molecule has 0 saturated heterocycles. The first-order valence-corrected chi connectivity index (χ1v) is 12.8. The number of alkyl halides is 3. The summed E-state index contributed by atoms with van der Waals surface area (Å²) >= 11 is 7.04. The number of esters is 1. The van der Waals surface area contributed by atoms with E-state index in [1.54, 1.807) is 24.3 Å². The van der Waals surface area contributed by atoms with Gasteiger partial charge in [0, 0.05) is 43.6 Å². The number of thiophene rings is 1. The number of halogens is 4. The highest BCUT2D eigenvalue weighted by Crippen LogP contribution is 2.40. The lowest BCUT2D eigenvalue weighted by atomic mass is 10.1. The van der Waals surface area contributed by atoms with Gasteiger partial charge in [0.15, 0.2) is 5.06 Å². The Morgan fingerprint density at radius 1 is 1.08 bits per heavy atom. The van der Waals surface area contributed by atoms with Crippen molar-refractivity contribution in [3.05, 3.63) is 85.5 Å². The topological polar surface area (TPSA) is 88.8 Å². The third-order valence-corrected chi connectivity index (χ3v) is 7.05. The van der Waals surface area contributed by atoms with Crippen LogP contribution in [0.15, 0.2) is 58.1 Å². The zero-order valence-corrected chi connectivity index (χ0v) is 22.3. The Bertz CT molecular complexity index is 1630. The summed E-state index contributed by atoms with van der Waals surface area (Å²) in [6.45, 7) is 1.31. The van der Waals surface area contributed by atoms with Crippen LogP contribution in [0.3, 0.4) is 0 Å². The van der Waals surface area contributed by atoms with Crippen molar-refractivity contribution in [2.75, 3.05) is 6.61 Å². The molecule has 39 heavy (non-hydrogen) atoms. The average Bonchev–Trinajstić information content (AvgIpc) is 3.20. The number of ether oxygens (including phenoxy) is 3. The zero-order valence-electron chi connectivity index (χ0n) is 20.7. The fourth-order valence-corrected chi connectivity index (χ4v) is 5.17. The van der Waals surface area contributed by atoms with Gasteiger partial charge in [0.1, 0.15) is 16.3 Å². The van der Waals surface area contributed by atoms with Gasteiger partial charge < -0.3 is 14.2 Å². The van der Waals surface area contributed by atoms with Gasteiger partial charge in [-0.15, -0.1) is 13.2 Å². The molecule has 0 aliphatic carbocycles. The maximum atomic E-state index is 13.6. The number of carbonyl (C=O) groups is 1. The van der Waals surface area contributed by atoms with E-state index in [1.165, 1.54) is 30.7 Å². The van der Waals surface area contributed by atoms with Crippen LogP contribution in [-0.2, 0) is 29.5 Å². The van der Waals surface area contributed by atoms with Gasteiger partial charge in [0.05, 0.1) is 12.0 Å². The summed E-state index contributed by atoms with van der Waals surface area (Å²) in [4.78, 5) is 38.0. The third kappa shape index (κ3) is 6.82. The lowest BCUT2D eigenvalue weighted by Gasteiger charge is -2.11. The van der Waals surface area contributed by atoms with Crippen LogP contribution in [0.4, 0.5) is 13.2 Å². The summed E-state index contributed by atoms with van der Waals surface area (Å²) in [6, 6.07) is 11.9. The van der Waals surface area contributed by atoms with E-state index in [9.17, 15) is 27.6 Å². The second-order valence-electron chi connectivity index (χ2n) is 8.47. The highest BCUT2D eigenvalue weighted by atomic mass is 35.5. The van der Waals surface area contributed by atoms with E-state index in [0.717, 1.165) is 33.6 Å². The predicted octanol–water partition coefficient (Wildman–Crippen LogP) is 5.65. The van der Waals surface area contributed by atoms with Gasteiger partial charge in [-0.05, 0) is 36.2 Å². The van der Waals surface area contributed by atoms with Gasteiger partial charge >= 0.3 is 18.0 Å². The lowest BCUT2D eigenvalue weighted by molar-refractivity contribution is -0.274. The standard InChI is InChI=1S/C26H22ClF3N2O6S/c1-15(33)36-12-4-11-32-22(34)21-20(13-16-7-9-17(27)10-8-16)24(39-23(21)31(2)25(32)35)37-18-5-3-6-19(14-18)38-26(28,29)30/h3,5-10,14H,4,11-13H2,1-2H3. The van der Waals surface area contributed by atoms with Crippen molar-refractivity contribution in [2.45, 2.75) is 32.7 Å². The number of nitrogens with zero attached hydrogens (tertiary/aromatic N) is 2. The molecule has 8 nitrogen and oxygen atoms in total. The first-order valence-electron chi connectivity index (χ1n) is 11.6. The zero-order chi connectivity index (χ0) is 28.3. The second-order valence-corrected chi connectivity index (χ2v) is 9.87. The van der Waals surface area contributed by atoms with Crippen molar-refractivity contribution in [2.24, 2.45) is 7.05 Å². The Hall–Kier alpha value is -3.77. The van der Waals surface area contributed by atoms with Crippen LogP contribution >= 0.6 is 22.9 Å². The molecule has 0 spiro atoms. The molecule has 206 valence electrons. The number of aryl methyl sites for hydroxylation is 1. The number of rotatable bonds is 9. The van der Waals surface area contributed by atoms with Crippen LogP contribution in [0.5, 0.6) is 16.6 Å². The Labute approximate surface area is 228 Å². The first kappa shape index (κ1) is 28.2. The largest absolute Gasteiger partial charge is 0.573 e. The molecular weight excluding hydrogens is 561 g/mol. The molecule has 0 fully saturated rings. The first-order chi connectivity index (χ1) is 18.4. The number of fused-ring (bicyclic) bond motifs is 1. The van der Waals surface area contributed by atoms with Gasteiger partial charge in [-0.25, -0.2) is 4.79 Å². The van der Waals surface area contributed by atoms with E-state index in [4.69, 9.17) is 21.1 Å². The number of hydrogen-bond acceptors (Lipinski definition) is 7. The summed E-state index contributed by atoms with van der Waals surface area (Å²) in [5.41, 5.74) is 0.114. The van der Waals surface area contributed by atoms with Crippen LogP contribution in [-0.4, -0.2) is 28.1 Å². The summed E-state index contributed by atoms with van der Waals surface area (Å²) < 4.78 is 55.4. The van der Waals surface area contributed by atoms with Crippen LogP contribution < -0.4 is 20.7 Å². The third-order valence-electron chi connectivity index (χ3n) is 5.61. The Kier molecular flexibility index (Phi) is 8.36. The van der Waals surface area contributed by atoms with Crippen LogP contribution in [0.1, 0.15) is 24.5 Å². The fraction of sp³-hybridized carbons (Fsp3) is 0.269. The summed E-state index contributed by atoms with van der Waals surface area (Å²) in [6.07, 6.45) is -4.42. The van der Waals surface area contributed by atoms with Crippen molar-refractivity contribution < 1.29 is 32.2 Å². The minimum Gasteiger partial charge on any atom is -0.466 e.